The molecule has 118 valence electrons. The number of nitrogens with one attached hydrogen (secondary N) is 1. The molecule has 4 nitrogen and oxygen atoms in total. The molecule has 0 aliphatic rings. The van der Waals surface area contributed by atoms with E-state index in [1.54, 1.807) is 0 Å². The van der Waals surface area contributed by atoms with Gasteiger partial charge >= 0.3 is 0 Å². The highest BCUT2D eigenvalue weighted by atomic mass is 32.2. The molecule has 22 heavy (non-hydrogen) atoms. The zero-order valence-electron chi connectivity index (χ0n) is 11.1. The van der Waals surface area contributed by atoms with Gasteiger partial charge in [0.05, 0.1) is 16.6 Å². The van der Waals surface area contributed by atoms with E-state index in [-0.39, 0.29) is 4.90 Å². The quantitative estimate of drug-likeness (QED) is 0.882. The summed E-state index contributed by atoms with van der Waals surface area (Å²) in [5.41, 5.74) is -0.635. The van der Waals surface area contributed by atoms with Crippen molar-refractivity contribution in [3.63, 3.8) is 0 Å². The van der Waals surface area contributed by atoms with Crippen molar-refractivity contribution in [2.45, 2.75) is 11.0 Å². The molecule has 8 heteroatoms. The second-order valence-electron chi connectivity index (χ2n) is 4.46. The molecule has 1 atom stereocenters. The molecule has 0 spiro atoms. The van der Waals surface area contributed by atoms with Crippen molar-refractivity contribution in [2.24, 2.45) is 0 Å². The highest BCUT2D eigenvalue weighted by Gasteiger charge is 2.21. The number of hydrogen-bond donors (Lipinski definition) is 2. The maximum atomic E-state index is 13.5. The van der Waals surface area contributed by atoms with E-state index < -0.39 is 45.7 Å². The summed E-state index contributed by atoms with van der Waals surface area (Å²) in [6.07, 6.45) is -1.72. The zero-order chi connectivity index (χ0) is 16.3. The molecule has 0 bridgehead atoms. The van der Waals surface area contributed by atoms with E-state index in [2.05, 4.69) is 0 Å². The van der Waals surface area contributed by atoms with Crippen LogP contribution in [-0.4, -0.2) is 20.1 Å². The van der Waals surface area contributed by atoms with Crippen molar-refractivity contribution in [1.82, 2.24) is 4.72 Å². The Balaban J connectivity index is 2.15. The molecule has 0 heterocycles. The second-order valence-corrected chi connectivity index (χ2v) is 6.23. The lowest BCUT2D eigenvalue weighted by atomic mass is 10.1. The Kier molecular flexibility index (Phi) is 4.84. The Hall–Kier alpha value is -1.90. The van der Waals surface area contributed by atoms with Crippen molar-refractivity contribution in [3.05, 3.63) is 65.5 Å². The predicted octanol–water partition coefficient (Wildman–Crippen LogP) is 2.12. The van der Waals surface area contributed by atoms with Crippen LogP contribution in [0.25, 0.3) is 0 Å². The first kappa shape index (κ1) is 16.5. The Morgan fingerprint density at radius 3 is 2.23 bits per heavy atom. The lowest BCUT2D eigenvalue weighted by Gasteiger charge is -2.14. The monoisotopic (exact) mass is 331 g/mol. The third kappa shape index (κ3) is 3.65. The number of rotatable bonds is 5. The van der Waals surface area contributed by atoms with E-state index in [9.17, 15) is 26.7 Å². The Bertz CT molecular complexity index is 760. The van der Waals surface area contributed by atoms with E-state index >= 15 is 0 Å². The van der Waals surface area contributed by atoms with E-state index in [1.807, 2.05) is 4.72 Å². The van der Waals surface area contributed by atoms with Crippen LogP contribution < -0.4 is 4.72 Å². The van der Waals surface area contributed by atoms with Gasteiger partial charge in [-0.05, 0) is 30.3 Å². The average Bonchev–Trinajstić information content (AvgIpc) is 2.45. The number of aliphatic hydroxyl groups excluding tert-OH is 1. The van der Waals surface area contributed by atoms with Crippen molar-refractivity contribution in [2.75, 3.05) is 6.54 Å². The fraction of sp³-hybridized carbons (Fsp3) is 0.143. The Labute approximate surface area is 125 Å². The summed E-state index contributed by atoms with van der Waals surface area (Å²) >= 11 is 0. The molecule has 0 saturated carbocycles. The topological polar surface area (TPSA) is 66.4 Å². The van der Waals surface area contributed by atoms with Gasteiger partial charge in [0.1, 0.15) is 17.5 Å². The minimum absolute atomic E-state index is 0.353. The molecule has 2 aromatic rings. The smallest absolute Gasteiger partial charge is 0.240 e. The maximum absolute atomic E-state index is 13.5. The van der Waals surface area contributed by atoms with Crippen LogP contribution in [0.5, 0.6) is 0 Å². The molecule has 2 N–H and O–H groups in total. The fourth-order valence-electron chi connectivity index (χ4n) is 1.84. The fourth-order valence-corrected chi connectivity index (χ4v) is 2.91. The SMILES string of the molecule is O=S(=O)(NCC(O)c1c(F)cccc1F)c1cccc(F)c1. The van der Waals surface area contributed by atoms with Gasteiger partial charge in [0.15, 0.2) is 0 Å². The van der Waals surface area contributed by atoms with Gasteiger partial charge in [-0.15, -0.1) is 0 Å². The van der Waals surface area contributed by atoms with Gasteiger partial charge in [-0.2, -0.15) is 0 Å². The van der Waals surface area contributed by atoms with Gasteiger partial charge in [-0.25, -0.2) is 26.3 Å². The van der Waals surface area contributed by atoms with Crippen LogP contribution in [0.15, 0.2) is 47.4 Å². The van der Waals surface area contributed by atoms with Crippen LogP contribution >= 0.6 is 0 Å². The molecule has 0 aliphatic carbocycles. The van der Waals surface area contributed by atoms with Crippen molar-refractivity contribution in [3.8, 4) is 0 Å². The molecule has 0 aromatic heterocycles. The first-order chi connectivity index (χ1) is 10.3. The zero-order valence-corrected chi connectivity index (χ0v) is 11.9. The highest BCUT2D eigenvalue weighted by Crippen LogP contribution is 2.20. The van der Waals surface area contributed by atoms with Crippen molar-refractivity contribution in [1.29, 1.82) is 0 Å². The van der Waals surface area contributed by atoms with E-state index in [4.69, 9.17) is 0 Å². The Morgan fingerprint density at radius 1 is 1.05 bits per heavy atom. The Morgan fingerprint density at radius 2 is 1.64 bits per heavy atom. The largest absolute Gasteiger partial charge is 0.387 e. The number of hydrogen-bond acceptors (Lipinski definition) is 3. The van der Waals surface area contributed by atoms with Gasteiger partial charge < -0.3 is 5.11 Å². The number of aliphatic hydroxyl groups is 1. The summed E-state index contributed by atoms with van der Waals surface area (Å²) in [6, 6.07) is 7.24. The predicted molar refractivity (Wildman–Crippen MR) is 72.9 cm³/mol. The van der Waals surface area contributed by atoms with Gasteiger partial charge in [-0.3, -0.25) is 0 Å². The summed E-state index contributed by atoms with van der Waals surface area (Å²) in [7, 11) is -4.11. The first-order valence-electron chi connectivity index (χ1n) is 6.18. The van der Waals surface area contributed by atoms with Crippen molar-refractivity contribution < 1.29 is 26.7 Å². The lowest BCUT2D eigenvalue weighted by molar-refractivity contribution is 0.172. The van der Waals surface area contributed by atoms with Gasteiger partial charge in [0.25, 0.3) is 0 Å². The molecule has 0 saturated heterocycles. The number of sulfonamides is 1. The summed E-state index contributed by atoms with van der Waals surface area (Å²) in [5.74, 6) is -2.72. The molecule has 2 aromatic carbocycles. The molecule has 0 fully saturated rings. The molecular weight excluding hydrogens is 319 g/mol. The van der Waals surface area contributed by atoms with E-state index in [1.165, 1.54) is 6.07 Å². The minimum atomic E-state index is -4.11. The van der Waals surface area contributed by atoms with Gasteiger partial charge in [-0.1, -0.05) is 12.1 Å². The maximum Gasteiger partial charge on any atom is 0.240 e. The highest BCUT2D eigenvalue weighted by molar-refractivity contribution is 7.89. The third-order valence-corrected chi connectivity index (χ3v) is 4.33. The lowest BCUT2D eigenvalue weighted by Crippen LogP contribution is -2.29. The summed E-state index contributed by atoms with van der Waals surface area (Å²) < 4.78 is 65.8. The molecule has 2 rings (SSSR count). The van der Waals surface area contributed by atoms with Crippen molar-refractivity contribution >= 4 is 10.0 Å². The normalized spacial score (nSPS) is 13.1. The van der Waals surface area contributed by atoms with Crippen LogP contribution in [0.1, 0.15) is 11.7 Å². The molecule has 0 radical (unpaired) electrons. The standard InChI is InChI=1S/C14H12F3NO3S/c15-9-3-1-4-10(7-9)22(20,21)18-8-13(19)14-11(16)5-2-6-12(14)17/h1-7,13,18-19H,8H2. The van der Waals surface area contributed by atoms with Crippen LogP contribution in [0.3, 0.4) is 0 Å². The number of halogens is 3. The molecular formula is C14H12F3NO3S. The van der Waals surface area contributed by atoms with E-state index in [0.29, 0.717) is 0 Å². The van der Waals surface area contributed by atoms with E-state index in [0.717, 1.165) is 36.4 Å². The third-order valence-electron chi connectivity index (χ3n) is 2.91. The summed E-state index contributed by atoms with van der Waals surface area (Å²) in [6.45, 7) is -0.656. The first-order valence-corrected chi connectivity index (χ1v) is 7.67. The molecule has 0 aliphatic heterocycles. The van der Waals surface area contributed by atoms with Crippen LogP contribution in [0.2, 0.25) is 0 Å². The number of benzene rings is 2. The van der Waals surface area contributed by atoms with Crippen LogP contribution in [-0.2, 0) is 10.0 Å². The van der Waals surface area contributed by atoms with Gasteiger partial charge in [0.2, 0.25) is 10.0 Å². The van der Waals surface area contributed by atoms with Crippen LogP contribution in [0.4, 0.5) is 13.2 Å². The second kappa shape index (κ2) is 6.47. The summed E-state index contributed by atoms with van der Waals surface area (Å²) in [4.78, 5) is -0.353. The van der Waals surface area contributed by atoms with Gasteiger partial charge in [0, 0.05) is 6.54 Å². The average molecular weight is 331 g/mol. The summed E-state index contributed by atoms with van der Waals surface area (Å²) in [5, 5.41) is 9.77. The molecule has 0 amide bonds. The molecule has 1 unspecified atom stereocenters. The van der Waals surface area contributed by atoms with Crippen LogP contribution in [0, 0.1) is 17.5 Å². The minimum Gasteiger partial charge on any atom is -0.387 e.